The predicted octanol–water partition coefficient (Wildman–Crippen LogP) is 5.06. The van der Waals surface area contributed by atoms with Crippen LogP contribution in [0, 0.1) is 0 Å². The second kappa shape index (κ2) is 4.88. The van der Waals surface area contributed by atoms with Gasteiger partial charge in [0.05, 0.1) is 0 Å². The summed E-state index contributed by atoms with van der Waals surface area (Å²) in [6, 6.07) is 0. The lowest BCUT2D eigenvalue weighted by Crippen LogP contribution is -2.15. The molecular weight excluding hydrogens is 235 g/mol. The molecule has 5 heteroatoms. The summed E-state index contributed by atoms with van der Waals surface area (Å²) in [6.07, 6.45) is 0.200. The second-order valence-corrected chi connectivity index (χ2v) is 30.3. The zero-order chi connectivity index (χ0) is 9.99. The minimum atomic E-state index is -0.873. The van der Waals surface area contributed by atoms with Gasteiger partial charge in [-0.15, -0.1) is 21.7 Å². The molecule has 0 saturated carbocycles. The summed E-state index contributed by atoms with van der Waals surface area (Å²) in [6.45, 7) is 17.1. The summed E-state index contributed by atoms with van der Waals surface area (Å²) in [5.41, 5.74) is 0. The van der Waals surface area contributed by atoms with Crippen LogP contribution in [0.2, 0.25) is 39.3 Å². The molecule has 12 heavy (non-hydrogen) atoms. The summed E-state index contributed by atoms with van der Waals surface area (Å²) in [5.74, 6) is 0. The molecule has 0 nitrogen and oxygen atoms in total. The Kier molecular flexibility index (Phi) is 5.51. The fraction of sp³-hybridized carbons (Fsp3) is 1.00. The van der Waals surface area contributed by atoms with E-state index in [2.05, 4.69) is 67.6 Å². The van der Waals surface area contributed by atoms with E-state index in [0.717, 1.165) is 0 Å². The summed E-state index contributed by atoms with van der Waals surface area (Å²) >= 11 is 0. The number of hydrogen-bond acceptors (Lipinski definition) is 2. The molecule has 0 saturated heterocycles. The molecule has 0 aliphatic heterocycles. The van der Waals surface area contributed by atoms with Crippen LogP contribution in [0.25, 0.3) is 0 Å². The average Bonchev–Trinajstić information content (AvgIpc) is 1.49. The highest BCUT2D eigenvalue weighted by molar-refractivity contribution is 9.00. The third-order valence-electron chi connectivity index (χ3n) is 0.805. The first kappa shape index (κ1) is 13.6. The van der Waals surface area contributed by atoms with Crippen LogP contribution in [0.15, 0.2) is 0 Å². The third-order valence-corrected chi connectivity index (χ3v) is 25.8. The van der Waals surface area contributed by atoms with Crippen LogP contribution in [0.1, 0.15) is 0 Å². The Morgan fingerprint density at radius 2 is 1.00 bits per heavy atom. The lowest BCUT2D eigenvalue weighted by atomic mass is 11.8. The zero-order valence-corrected chi connectivity index (χ0v) is 13.8. The largest absolute Gasteiger partial charge is 0.149 e. The highest BCUT2D eigenvalue weighted by atomic mass is 33.2. The van der Waals surface area contributed by atoms with Crippen molar-refractivity contribution in [1.29, 1.82) is 0 Å². The highest BCUT2D eigenvalue weighted by Crippen LogP contribution is 2.63. The molecule has 0 N–H and O–H groups in total. The Bertz CT molecular complexity index is 123. The van der Waals surface area contributed by atoms with E-state index < -0.39 is 14.4 Å². The van der Waals surface area contributed by atoms with E-state index in [0.29, 0.717) is 0 Å². The molecule has 0 aliphatic rings. The van der Waals surface area contributed by atoms with Crippen LogP contribution >= 0.6 is 28.0 Å². The van der Waals surface area contributed by atoms with Crippen molar-refractivity contribution >= 4 is 42.4 Å². The molecule has 0 aromatic rings. The predicted molar refractivity (Wildman–Crippen MR) is 74.7 cm³/mol. The summed E-state index contributed by atoms with van der Waals surface area (Å²) < 4.78 is 0. The molecule has 0 amide bonds. The topological polar surface area (TPSA) is 0 Å². The van der Waals surface area contributed by atoms with Gasteiger partial charge >= 0.3 is 0 Å². The molecule has 0 heterocycles. The van der Waals surface area contributed by atoms with E-state index >= 15 is 0 Å². The smallest absolute Gasteiger partial charge is 0.114 e. The van der Waals surface area contributed by atoms with E-state index in [1.807, 2.05) is 0 Å². The third kappa shape index (κ3) is 9.65. The SMILES string of the molecule is CP(S[Si](C)(C)C)S[Si](C)(C)C. The summed E-state index contributed by atoms with van der Waals surface area (Å²) in [5, 5.41) is 0. The van der Waals surface area contributed by atoms with Gasteiger partial charge in [-0.25, -0.2) is 0 Å². The van der Waals surface area contributed by atoms with Crippen LogP contribution in [0.4, 0.5) is 0 Å². The number of hydrogen-bond donors (Lipinski definition) is 0. The van der Waals surface area contributed by atoms with Gasteiger partial charge in [0.15, 0.2) is 0 Å². The Morgan fingerprint density at radius 1 is 0.750 bits per heavy atom. The lowest BCUT2D eigenvalue weighted by Gasteiger charge is -2.25. The first-order valence-corrected chi connectivity index (χ1v) is 17.3. The Hall–Kier alpha value is 1.56. The van der Waals surface area contributed by atoms with Crippen LogP contribution in [-0.2, 0) is 0 Å². The van der Waals surface area contributed by atoms with Gasteiger partial charge in [-0.1, -0.05) is 39.3 Å². The molecule has 0 bridgehead atoms. The molecule has 74 valence electrons. The van der Waals surface area contributed by atoms with E-state index in [-0.39, 0.29) is 6.33 Å². The van der Waals surface area contributed by atoms with E-state index in [4.69, 9.17) is 0 Å². The van der Waals surface area contributed by atoms with Crippen molar-refractivity contribution in [3.63, 3.8) is 0 Å². The molecule has 0 aromatic carbocycles. The molecule has 0 rings (SSSR count). The minimum absolute atomic E-state index is 0.200. The van der Waals surface area contributed by atoms with Gasteiger partial charge in [0.25, 0.3) is 0 Å². The highest BCUT2D eigenvalue weighted by Gasteiger charge is 2.23. The van der Waals surface area contributed by atoms with Gasteiger partial charge in [0.1, 0.15) is 14.4 Å². The van der Waals surface area contributed by atoms with E-state index in [9.17, 15) is 0 Å². The first-order valence-electron chi connectivity index (χ1n) is 4.22. The lowest BCUT2D eigenvalue weighted by molar-refractivity contribution is 1.88. The van der Waals surface area contributed by atoms with Crippen LogP contribution in [0.3, 0.4) is 0 Å². The molecule has 0 radical (unpaired) electrons. The monoisotopic (exact) mass is 256 g/mol. The first-order chi connectivity index (χ1) is 5.10. The van der Waals surface area contributed by atoms with E-state index in [1.54, 1.807) is 0 Å². The molecule has 0 aromatic heterocycles. The zero-order valence-electron chi connectivity index (χ0n) is 9.26. The molecule has 0 fully saturated rings. The maximum absolute atomic E-state index is 2.45. The summed E-state index contributed by atoms with van der Waals surface area (Å²) in [4.78, 5) is 0. The van der Waals surface area contributed by atoms with Crippen molar-refractivity contribution in [2.45, 2.75) is 39.3 Å². The van der Waals surface area contributed by atoms with Crippen molar-refractivity contribution in [2.24, 2.45) is 0 Å². The van der Waals surface area contributed by atoms with Gasteiger partial charge in [0, 0.05) is 0 Å². The molecule has 0 unspecified atom stereocenters. The number of rotatable bonds is 4. The van der Waals surface area contributed by atoms with Crippen molar-refractivity contribution in [2.75, 3.05) is 6.66 Å². The van der Waals surface area contributed by atoms with Crippen molar-refractivity contribution in [3.8, 4) is 0 Å². The van der Waals surface area contributed by atoms with Gasteiger partial charge in [-0.05, 0) is 13.0 Å². The van der Waals surface area contributed by atoms with Crippen LogP contribution in [-0.4, -0.2) is 21.1 Å². The fourth-order valence-corrected chi connectivity index (χ4v) is 37.4. The average molecular weight is 257 g/mol. The Balaban J connectivity index is 3.83. The van der Waals surface area contributed by atoms with Crippen LogP contribution < -0.4 is 0 Å². The second-order valence-electron chi connectivity index (χ2n) is 4.85. The van der Waals surface area contributed by atoms with Gasteiger partial charge in [0.2, 0.25) is 0 Å². The molecule has 0 atom stereocenters. The Morgan fingerprint density at radius 3 is 1.17 bits per heavy atom. The van der Waals surface area contributed by atoms with Crippen LogP contribution in [0.5, 0.6) is 0 Å². The summed E-state index contributed by atoms with van der Waals surface area (Å²) in [7, 11) is 2.82. The van der Waals surface area contributed by atoms with Gasteiger partial charge < -0.3 is 0 Å². The molecule has 0 spiro atoms. The van der Waals surface area contributed by atoms with Crippen molar-refractivity contribution in [1.82, 2.24) is 0 Å². The normalized spacial score (nSPS) is 14.0. The molecule has 0 aliphatic carbocycles. The molecular formula is C7H21PS2Si2. The van der Waals surface area contributed by atoms with Crippen molar-refractivity contribution < 1.29 is 0 Å². The minimum Gasteiger partial charge on any atom is -0.149 e. The van der Waals surface area contributed by atoms with E-state index in [1.165, 1.54) is 0 Å². The quantitative estimate of drug-likeness (QED) is 0.509. The fourth-order valence-electron chi connectivity index (χ4n) is 0.790. The standard InChI is InChI=1S/C7H21PS2Si2/c1-8(9-11(2,3)4)10-12(5,6)7/h1-7H3. The maximum Gasteiger partial charge on any atom is 0.114 e. The van der Waals surface area contributed by atoms with Gasteiger partial charge in [-0.3, -0.25) is 0 Å². The van der Waals surface area contributed by atoms with Crippen molar-refractivity contribution in [3.05, 3.63) is 0 Å². The maximum atomic E-state index is 2.45. The Labute approximate surface area is 88.2 Å². The van der Waals surface area contributed by atoms with Gasteiger partial charge in [-0.2, -0.15) is 0 Å².